The number of hydrogen-bond acceptors (Lipinski definition) is 6. The third kappa shape index (κ3) is 3.94. The Bertz CT molecular complexity index is 1020. The summed E-state index contributed by atoms with van der Waals surface area (Å²) in [6, 6.07) is 11.1. The van der Waals surface area contributed by atoms with Crippen molar-refractivity contribution in [3.8, 4) is 11.5 Å². The van der Waals surface area contributed by atoms with Gasteiger partial charge in [0.25, 0.3) is 0 Å². The standard InChI is InChI=1S/C19H20N2O6S/c1-26-15-8-7-13(11-16(15)27-2)20-18(22)12-21-14-5-3-4-6-17(14)28(24,25)10-9-19(21)23/h3-8,11H,9-10,12H2,1-2H3,(H,20,22). The highest BCUT2D eigenvalue weighted by atomic mass is 32.2. The molecule has 9 heteroatoms. The lowest BCUT2D eigenvalue weighted by atomic mass is 10.2. The molecule has 148 valence electrons. The van der Waals surface area contributed by atoms with Gasteiger partial charge in [-0.15, -0.1) is 0 Å². The number of hydrogen-bond donors (Lipinski definition) is 1. The quantitative estimate of drug-likeness (QED) is 0.816. The lowest BCUT2D eigenvalue weighted by Crippen LogP contribution is -2.37. The van der Waals surface area contributed by atoms with Crippen LogP contribution in [0.5, 0.6) is 11.5 Å². The van der Waals surface area contributed by atoms with Crippen LogP contribution in [0.25, 0.3) is 0 Å². The summed E-state index contributed by atoms with van der Waals surface area (Å²) in [6.07, 6.45) is -0.180. The molecule has 8 nitrogen and oxygen atoms in total. The number of carbonyl (C=O) groups is 2. The highest BCUT2D eigenvalue weighted by Gasteiger charge is 2.31. The molecule has 0 saturated carbocycles. The second kappa shape index (κ2) is 7.89. The number of methoxy groups -OCH3 is 2. The van der Waals surface area contributed by atoms with Crippen LogP contribution < -0.4 is 19.7 Å². The minimum absolute atomic E-state index is 0.0553. The van der Waals surface area contributed by atoms with Crippen molar-refractivity contribution in [2.24, 2.45) is 0 Å². The maximum Gasteiger partial charge on any atom is 0.244 e. The second-order valence-electron chi connectivity index (χ2n) is 6.13. The van der Waals surface area contributed by atoms with Gasteiger partial charge in [0, 0.05) is 18.2 Å². The van der Waals surface area contributed by atoms with Crippen molar-refractivity contribution in [1.29, 1.82) is 0 Å². The lowest BCUT2D eigenvalue weighted by Gasteiger charge is -2.22. The predicted octanol–water partition coefficient (Wildman–Crippen LogP) is 1.85. The van der Waals surface area contributed by atoms with Gasteiger partial charge >= 0.3 is 0 Å². The Hall–Kier alpha value is -3.07. The van der Waals surface area contributed by atoms with Gasteiger partial charge in [0.2, 0.25) is 11.8 Å². The highest BCUT2D eigenvalue weighted by Crippen LogP contribution is 2.31. The van der Waals surface area contributed by atoms with Gasteiger partial charge in [0.1, 0.15) is 6.54 Å². The summed E-state index contributed by atoms with van der Waals surface area (Å²) in [5.41, 5.74) is 0.679. The van der Waals surface area contributed by atoms with E-state index in [-0.39, 0.29) is 29.3 Å². The molecule has 2 aromatic rings. The Labute approximate surface area is 163 Å². The Morgan fingerprint density at radius 1 is 1.11 bits per heavy atom. The highest BCUT2D eigenvalue weighted by molar-refractivity contribution is 7.91. The maximum absolute atomic E-state index is 12.5. The van der Waals surface area contributed by atoms with Crippen LogP contribution in [0.3, 0.4) is 0 Å². The molecule has 0 bridgehead atoms. The first-order valence-electron chi connectivity index (χ1n) is 8.50. The number of anilines is 2. The molecular formula is C19H20N2O6S. The van der Waals surface area contributed by atoms with Crippen molar-refractivity contribution < 1.29 is 27.5 Å². The van der Waals surface area contributed by atoms with E-state index in [1.165, 1.54) is 31.3 Å². The first-order valence-corrected chi connectivity index (χ1v) is 10.1. The monoisotopic (exact) mass is 404 g/mol. The molecule has 2 aromatic carbocycles. The van der Waals surface area contributed by atoms with E-state index in [0.717, 1.165) is 0 Å². The van der Waals surface area contributed by atoms with Gasteiger partial charge in [0.15, 0.2) is 21.3 Å². The van der Waals surface area contributed by atoms with Crippen LogP contribution >= 0.6 is 0 Å². The molecule has 2 amide bonds. The second-order valence-corrected chi connectivity index (χ2v) is 8.21. The van der Waals surface area contributed by atoms with Crippen molar-refractivity contribution >= 4 is 33.0 Å². The van der Waals surface area contributed by atoms with Gasteiger partial charge in [-0.2, -0.15) is 0 Å². The van der Waals surface area contributed by atoms with Crippen LogP contribution in [0.2, 0.25) is 0 Å². The van der Waals surface area contributed by atoms with E-state index in [4.69, 9.17) is 9.47 Å². The van der Waals surface area contributed by atoms with Crippen molar-refractivity contribution in [2.75, 3.05) is 36.7 Å². The third-order valence-electron chi connectivity index (χ3n) is 4.35. The largest absolute Gasteiger partial charge is 0.493 e. The summed E-state index contributed by atoms with van der Waals surface area (Å²) >= 11 is 0. The summed E-state index contributed by atoms with van der Waals surface area (Å²) < 4.78 is 35.1. The summed E-state index contributed by atoms with van der Waals surface area (Å²) in [6.45, 7) is -0.306. The molecule has 1 N–H and O–H groups in total. The van der Waals surface area contributed by atoms with Crippen molar-refractivity contribution in [1.82, 2.24) is 0 Å². The fourth-order valence-electron chi connectivity index (χ4n) is 2.98. The Morgan fingerprint density at radius 3 is 2.54 bits per heavy atom. The lowest BCUT2D eigenvalue weighted by molar-refractivity contribution is -0.121. The molecule has 1 heterocycles. The predicted molar refractivity (Wildman–Crippen MR) is 104 cm³/mol. The molecular weight excluding hydrogens is 384 g/mol. The molecule has 0 aromatic heterocycles. The van der Waals surface area contributed by atoms with Gasteiger partial charge in [0.05, 0.1) is 30.6 Å². The molecule has 0 fully saturated rings. The van der Waals surface area contributed by atoms with E-state index in [9.17, 15) is 18.0 Å². The van der Waals surface area contributed by atoms with E-state index >= 15 is 0 Å². The topological polar surface area (TPSA) is 102 Å². The molecule has 1 aliphatic heterocycles. The third-order valence-corrected chi connectivity index (χ3v) is 6.10. The summed E-state index contributed by atoms with van der Waals surface area (Å²) in [5.74, 6) is -0.202. The number of nitrogens with one attached hydrogen (secondary N) is 1. The van der Waals surface area contributed by atoms with Gasteiger partial charge < -0.3 is 19.7 Å². The fraction of sp³-hybridized carbons (Fsp3) is 0.263. The van der Waals surface area contributed by atoms with Crippen LogP contribution in [0.4, 0.5) is 11.4 Å². The number of carbonyl (C=O) groups excluding carboxylic acids is 2. The van der Waals surface area contributed by atoms with E-state index in [2.05, 4.69) is 5.32 Å². The van der Waals surface area contributed by atoms with Gasteiger partial charge in [-0.3, -0.25) is 9.59 Å². The van der Waals surface area contributed by atoms with Crippen molar-refractivity contribution in [2.45, 2.75) is 11.3 Å². The average Bonchev–Trinajstić information content (AvgIpc) is 2.78. The van der Waals surface area contributed by atoms with E-state index in [1.807, 2.05) is 0 Å². The SMILES string of the molecule is COc1ccc(NC(=O)CN2C(=O)CCS(=O)(=O)c3ccccc32)cc1OC. The van der Waals surface area contributed by atoms with E-state index in [0.29, 0.717) is 17.2 Å². The van der Waals surface area contributed by atoms with Crippen molar-refractivity contribution in [3.63, 3.8) is 0 Å². The number of sulfone groups is 1. The first kappa shape index (κ1) is 19.7. The minimum atomic E-state index is -3.58. The molecule has 0 unspecified atom stereocenters. The number of para-hydroxylation sites is 1. The van der Waals surface area contributed by atoms with Crippen LogP contribution in [-0.4, -0.2) is 46.7 Å². The number of amides is 2. The fourth-order valence-corrected chi connectivity index (χ4v) is 4.42. The van der Waals surface area contributed by atoms with Crippen LogP contribution in [0.15, 0.2) is 47.4 Å². The Kier molecular flexibility index (Phi) is 5.55. The van der Waals surface area contributed by atoms with Gasteiger partial charge in [-0.05, 0) is 24.3 Å². The number of fused-ring (bicyclic) bond motifs is 1. The summed E-state index contributed by atoms with van der Waals surface area (Å²) in [7, 11) is -0.591. The van der Waals surface area contributed by atoms with E-state index in [1.54, 1.807) is 30.3 Å². The van der Waals surface area contributed by atoms with Crippen LogP contribution in [-0.2, 0) is 19.4 Å². The van der Waals surface area contributed by atoms with Crippen LogP contribution in [0, 0.1) is 0 Å². The summed E-state index contributed by atoms with van der Waals surface area (Å²) in [4.78, 5) is 26.3. The Balaban J connectivity index is 1.84. The van der Waals surface area contributed by atoms with Gasteiger partial charge in [-0.1, -0.05) is 12.1 Å². The first-order chi connectivity index (χ1) is 13.4. The molecule has 3 rings (SSSR count). The molecule has 0 radical (unpaired) electrons. The summed E-state index contributed by atoms with van der Waals surface area (Å²) in [5, 5.41) is 2.69. The normalized spacial score (nSPS) is 15.4. The average molecular weight is 404 g/mol. The van der Waals surface area contributed by atoms with Crippen LogP contribution in [0.1, 0.15) is 6.42 Å². The smallest absolute Gasteiger partial charge is 0.244 e. The number of benzene rings is 2. The maximum atomic E-state index is 12.5. The number of rotatable bonds is 5. The molecule has 28 heavy (non-hydrogen) atoms. The minimum Gasteiger partial charge on any atom is -0.493 e. The zero-order chi connectivity index (χ0) is 20.3. The van der Waals surface area contributed by atoms with Gasteiger partial charge in [-0.25, -0.2) is 8.42 Å². The number of nitrogens with zero attached hydrogens (tertiary/aromatic N) is 1. The molecule has 0 saturated heterocycles. The molecule has 0 spiro atoms. The molecule has 0 atom stereocenters. The van der Waals surface area contributed by atoms with Crippen molar-refractivity contribution in [3.05, 3.63) is 42.5 Å². The zero-order valence-electron chi connectivity index (χ0n) is 15.5. The molecule has 0 aliphatic carbocycles. The molecule has 1 aliphatic rings. The zero-order valence-corrected chi connectivity index (χ0v) is 16.3. The Morgan fingerprint density at radius 2 is 1.82 bits per heavy atom. The number of ether oxygens (including phenoxy) is 2. The van der Waals surface area contributed by atoms with E-state index < -0.39 is 21.7 Å².